The molecule has 0 fully saturated rings. The van der Waals surface area contributed by atoms with E-state index in [9.17, 15) is 46.1 Å². The minimum Gasteiger partial charge on any atom is -0.507 e. The Morgan fingerprint density at radius 2 is 0.979 bits per heavy atom. The molecule has 1 aliphatic carbocycles. The van der Waals surface area contributed by atoms with Crippen LogP contribution in [0.25, 0.3) is 0 Å². The Labute approximate surface area is 269 Å². The number of phenolic OH excluding ortho intramolecular Hbond substituents is 2. The van der Waals surface area contributed by atoms with Gasteiger partial charge < -0.3 is 20.8 Å². The summed E-state index contributed by atoms with van der Waals surface area (Å²) in [7, 11) is 0. The molecule has 48 heavy (non-hydrogen) atoms. The zero-order valence-corrected chi connectivity index (χ0v) is 24.8. The van der Waals surface area contributed by atoms with Crippen LogP contribution in [0, 0.1) is 0 Å². The third kappa shape index (κ3) is 7.32. The van der Waals surface area contributed by atoms with Crippen molar-refractivity contribution in [3.63, 3.8) is 0 Å². The number of ketones is 2. The standard InChI is InChI=1S/C34H26F6N4O4/c35-33(36,37)21-5-1-3-19(15-21)17-41-11-13-43-23-7-8-24(44-14-12-42-18-20-4-2-6-22(16-20)34(38,39)40)28-27(23)31(47)29-25(45)9-10-26(46)30(29)32(28)48/h1-10,15-18,43-46H,11-14H2/b41-17+,42-18+. The lowest BCUT2D eigenvalue weighted by Crippen LogP contribution is -2.25. The van der Waals surface area contributed by atoms with Crippen molar-refractivity contribution in [1.29, 1.82) is 0 Å². The van der Waals surface area contributed by atoms with E-state index < -0.39 is 46.5 Å². The fraction of sp³-hybridized carbons (Fsp3) is 0.176. The smallest absolute Gasteiger partial charge is 0.416 e. The second-order valence-electron chi connectivity index (χ2n) is 10.6. The van der Waals surface area contributed by atoms with Crippen molar-refractivity contribution in [2.24, 2.45) is 9.98 Å². The zero-order chi connectivity index (χ0) is 34.6. The van der Waals surface area contributed by atoms with Crippen LogP contribution in [-0.2, 0) is 12.4 Å². The van der Waals surface area contributed by atoms with Crippen molar-refractivity contribution in [2.45, 2.75) is 12.4 Å². The largest absolute Gasteiger partial charge is 0.507 e. The van der Waals surface area contributed by atoms with Crippen LogP contribution in [0.4, 0.5) is 37.7 Å². The number of hydrogen-bond acceptors (Lipinski definition) is 8. The molecule has 0 aromatic heterocycles. The summed E-state index contributed by atoms with van der Waals surface area (Å²) in [6, 6.07) is 14.5. The summed E-state index contributed by atoms with van der Waals surface area (Å²) in [4.78, 5) is 35.7. The number of anilines is 2. The maximum absolute atomic E-state index is 13.7. The molecule has 4 aromatic carbocycles. The molecule has 0 saturated carbocycles. The number of phenols is 2. The number of alkyl halides is 6. The van der Waals surface area contributed by atoms with Gasteiger partial charge in [0.15, 0.2) is 0 Å². The molecule has 0 unspecified atom stereocenters. The predicted octanol–water partition coefficient (Wildman–Crippen LogP) is 6.97. The third-order valence-electron chi connectivity index (χ3n) is 7.30. The average molecular weight is 669 g/mol. The van der Waals surface area contributed by atoms with E-state index in [-0.39, 0.29) is 70.9 Å². The SMILES string of the molecule is O=C1c2c(O)ccc(O)c2C(=O)c2c(NCC/N=C/c3cccc(C(F)(F)F)c3)ccc(NCC/N=C/c3cccc(C(F)(F)F)c3)c21. The zero-order valence-electron chi connectivity index (χ0n) is 24.8. The van der Waals surface area contributed by atoms with Crippen molar-refractivity contribution in [3.8, 4) is 11.5 Å². The number of hydrogen-bond donors (Lipinski definition) is 4. The second kappa shape index (κ2) is 13.6. The fourth-order valence-corrected chi connectivity index (χ4v) is 5.10. The first-order chi connectivity index (χ1) is 22.8. The Bertz CT molecular complexity index is 1800. The van der Waals surface area contributed by atoms with E-state index in [1.807, 2.05) is 0 Å². The average Bonchev–Trinajstić information content (AvgIpc) is 3.04. The Morgan fingerprint density at radius 3 is 1.35 bits per heavy atom. The first kappa shape index (κ1) is 33.7. The van der Waals surface area contributed by atoms with Crippen LogP contribution >= 0.6 is 0 Å². The van der Waals surface area contributed by atoms with Gasteiger partial charge in [0.25, 0.3) is 0 Å². The number of fused-ring (bicyclic) bond motifs is 2. The molecule has 0 atom stereocenters. The summed E-state index contributed by atoms with van der Waals surface area (Å²) in [5, 5.41) is 26.9. The molecular weight excluding hydrogens is 642 g/mol. The first-order valence-electron chi connectivity index (χ1n) is 14.4. The Hall–Kier alpha value is -5.66. The number of rotatable bonds is 10. The van der Waals surface area contributed by atoms with E-state index >= 15 is 0 Å². The molecular formula is C34H26F6N4O4. The van der Waals surface area contributed by atoms with Crippen molar-refractivity contribution in [1.82, 2.24) is 0 Å². The van der Waals surface area contributed by atoms with E-state index in [2.05, 4.69) is 20.6 Å². The Kier molecular flexibility index (Phi) is 9.55. The molecule has 5 rings (SSSR count). The van der Waals surface area contributed by atoms with Crippen LogP contribution in [0.2, 0.25) is 0 Å². The molecule has 0 bridgehead atoms. The van der Waals surface area contributed by atoms with Crippen LogP contribution in [0.3, 0.4) is 0 Å². The predicted molar refractivity (Wildman–Crippen MR) is 168 cm³/mol. The number of carbonyl (C=O) groups excluding carboxylic acids is 2. The molecule has 0 saturated heterocycles. The van der Waals surface area contributed by atoms with Crippen LogP contribution in [0.15, 0.2) is 82.8 Å². The maximum Gasteiger partial charge on any atom is 0.416 e. The normalized spacial score (nSPS) is 13.2. The van der Waals surface area contributed by atoms with Crippen LogP contribution in [-0.4, -0.2) is 60.4 Å². The Balaban J connectivity index is 1.34. The van der Waals surface area contributed by atoms with Crippen molar-refractivity contribution in [3.05, 3.63) is 117 Å². The molecule has 1 aliphatic rings. The highest BCUT2D eigenvalue weighted by molar-refractivity contribution is 6.33. The topological polar surface area (TPSA) is 123 Å². The molecule has 0 spiro atoms. The molecule has 0 radical (unpaired) electrons. The van der Waals surface area contributed by atoms with E-state index in [0.29, 0.717) is 0 Å². The van der Waals surface area contributed by atoms with Crippen molar-refractivity contribution in [2.75, 3.05) is 36.8 Å². The number of aromatic hydroxyl groups is 2. The van der Waals surface area contributed by atoms with Crippen LogP contribution in [0.5, 0.6) is 11.5 Å². The molecule has 248 valence electrons. The monoisotopic (exact) mass is 668 g/mol. The van der Waals surface area contributed by atoms with Crippen LogP contribution in [0.1, 0.15) is 54.1 Å². The number of nitrogens with zero attached hydrogens (tertiary/aromatic N) is 2. The summed E-state index contributed by atoms with van der Waals surface area (Å²) in [5.41, 5.74) is -1.66. The number of halogens is 6. The van der Waals surface area contributed by atoms with Crippen molar-refractivity contribution < 1.29 is 46.1 Å². The van der Waals surface area contributed by atoms with Crippen molar-refractivity contribution >= 4 is 35.4 Å². The maximum atomic E-state index is 13.7. The number of aliphatic imine (C=N–C) groups is 2. The van der Waals surface area contributed by atoms with Gasteiger partial charge in [0.05, 0.1) is 46.5 Å². The highest BCUT2D eigenvalue weighted by Gasteiger charge is 2.38. The highest BCUT2D eigenvalue weighted by Crippen LogP contribution is 2.42. The van der Waals surface area contributed by atoms with E-state index in [1.165, 1.54) is 48.8 Å². The van der Waals surface area contributed by atoms with Crippen LogP contribution < -0.4 is 10.6 Å². The third-order valence-corrected chi connectivity index (χ3v) is 7.30. The molecule has 0 aliphatic heterocycles. The van der Waals surface area contributed by atoms with Gasteiger partial charge in [-0.3, -0.25) is 19.6 Å². The van der Waals surface area contributed by atoms with Gasteiger partial charge in [-0.1, -0.05) is 24.3 Å². The summed E-state index contributed by atoms with van der Waals surface area (Å²) in [5.74, 6) is -2.50. The van der Waals surface area contributed by atoms with Gasteiger partial charge in [-0.25, -0.2) is 0 Å². The van der Waals surface area contributed by atoms with Gasteiger partial charge >= 0.3 is 12.4 Å². The van der Waals surface area contributed by atoms with Gasteiger partial charge in [0.2, 0.25) is 11.6 Å². The van der Waals surface area contributed by atoms with E-state index in [0.717, 1.165) is 36.4 Å². The number of nitrogens with one attached hydrogen (secondary N) is 2. The summed E-state index contributed by atoms with van der Waals surface area (Å²) < 4.78 is 78.0. The van der Waals surface area contributed by atoms with Gasteiger partial charge in [-0.2, -0.15) is 26.3 Å². The van der Waals surface area contributed by atoms with Gasteiger partial charge in [0, 0.05) is 36.9 Å². The van der Waals surface area contributed by atoms with E-state index in [4.69, 9.17) is 0 Å². The minimum absolute atomic E-state index is 0.0830. The lowest BCUT2D eigenvalue weighted by molar-refractivity contribution is -0.138. The highest BCUT2D eigenvalue weighted by atomic mass is 19.4. The van der Waals surface area contributed by atoms with Gasteiger partial charge in [-0.15, -0.1) is 0 Å². The lowest BCUT2D eigenvalue weighted by Gasteiger charge is -2.24. The molecule has 0 heterocycles. The van der Waals surface area contributed by atoms with Gasteiger partial charge in [0.1, 0.15) is 11.5 Å². The molecule has 8 nitrogen and oxygen atoms in total. The minimum atomic E-state index is -4.50. The fourth-order valence-electron chi connectivity index (χ4n) is 5.10. The number of carbonyl (C=O) groups is 2. The molecule has 4 N–H and O–H groups in total. The summed E-state index contributed by atoms with van der Waals surface area (Å²) >= 11 is 0. The number of benzene rings is 4. The summed E-state index contributed by atoms with van der Waals surface area (Å²) in [6.07, 6.45) is -6.45. The molecule has 0 amide bonds. The summed E-state index contributed by atoms with van der Waals surface area (Å²) in [6.45, 7) is 0.387. The van der Waals surface area contributed by atoms with E-state index in [1.54, 1.807) is 0 Å². The molecule has 4 aromatic rings. The second-order valence-corrected chi connectivity index (χ2v) is 10.6. The quantitative estimate of drug-likeness (QED) is 0.0552. The van der Waals surface area contributed by atoms with Gasteiger partial charge in [-0.05, 0) is 59.7 Å². The first-order valence-corrected chi connectivity index (χ1v) is 14.4. The lowest BCUT2D eigenvalue weighted by atomic mass is 9.81. The molecule has 14 heteroatoms. The Morgan fingerprint density at radius 1 is 0.583 bits per heavy atom.